The maximum absolute atomic E-state index is 11.7. The normalized spacial score (nSPS) is 10.9. The molecular weight excluding hydrogens is 228 g/mol. The van der Waals surface area contributed by atoms with Crippen LogP contribution in [0.15, 0.2) is 41.5 Å². The van der Waals surface area contributed by atoms with Crippen molar-refractivity contribution < 1.29 is 0 Å². The summed E-state index contributed by atoms with van der Waals surface area (Å²) >= 11 is 0. The zero-order chi connectivity index (χ0) is 12.5. The number of imidazole rings is 1. The zero-order valence-corrected chi connectivity index (χ0v) is 9.92. The van der Waals surface area contributed by atoms with Gasteiger partial charge in [0.1, 0.15) is 5.82 Å². The van der Waals surface area contributed by atoms with Gasteiger partial charge in [-0.05, 0) is 12.5 Å². The van der Waals surface area contributed by atoms with Crippen LogP contribution in [0, 0.1) is 6.92 Å². The lowest BCUT2D eigenvalue weighted by Gasteiger charge is -2.03. The Balaban J connectivity index is 2.11. The number of H-pyrrole nitrogens is 1. The second-order valence-corrected chi connectivity index (χ2v) is 4.18. The summed E-state index contributed by atoms with van der Waals surface area (Å²) in [6.45, 7) is 2.42. The molecule has 5 heteroatoms. The Morgan fingerprint density at radius 3 is 2.83 bits per heavy atom. The molecule has 0 atom stereocenters. The molecule has 2 aromatic heterocycles. The third kappa shape index (κ3) is 1.79. The van der Waals surface area contributed by atoms with Gasteiger partial charge in [0.2, 0.25) is 0 Å². The van der Waals surface area contributed by atoms with Gasteiger partial charge in [-0.2, -0.15) is 0 Å². The molecule has 0 fully saturated rings. The van der Waals surface area contributed by atoms with Crippen LogP contribution in [0.1, 0.15) is 11.4 Å². The number of benzene rings is 1. The second-order valence-electron chi connectivity index (χ2n) is 4.18. The molecule has 90 valence electrons. The number of rotatable bonds is 2. The molecule has 2 heterocycles. The lowest BCUT2D eigenvalue weighted by Crippen LogP contribution is -2.11. The monoisotopic (exact) mass is 240 g/mol. The van der Waals surface area contributed by atoms with E-state index in [0.717, 1.165) is 5.56 Å². The molecule has 0 amide bonds. The van der Waals surface area contributed by atoms with Crippen LogP contribution in [0.2, 0.25) is 0 Å². The first kappa shape index (κ1) is 10.7. The molecule has 3 aromatic rings. The number of aromatic nitrogens is 4. The number of aryl methyl sites for hydroxylation is 1. The average Bonchev–Trinajstić information content (AvgIpc) is 2.74. The summed E-state index contributed by atoms with van der Waals surface area (Å²) in [5, 5.41) is 0. The van der Waals surface area contributed by atoms with E-state index in [1.165, 1.54) is 0 Å². The SMILES string of the molecule is Cc1nc2c(ncn2Cc2ccccc2)c(=O)[nH]1. The van der Waals surface area contributed by atoms with Gasteiger partial charge in [0.05, 0.1) is 12.9 Å². The van der Waals surface area contributed by atoms with Gasteiger partial charge in [0, 0.05) is 0 Å². The fourth-order valence-electron chi connectivity index (χ4n) is 1.96. The number of nitrogens with zero attached hydrogens (tertiary/aromatic N) is 3. The summed E-state index contributed by atoms with van der Waals surface area (Å²) in [4.78, 5) is 22.8. The third-order valence-corrected chi connectivity index (χ3v) is 2.79. The molecule has 0 unspecified atom stereocenters. The van der Waals surface area contributed by atoms with E-state index < -0.39 is 0 Å². The van der Waals surface area contributed by atoms with Crippen LogP contribution in [0.5, 0.6) is 0 Å². The summed E-state index contributed by atoms with van der Waals surface area (Å²) in [6.07, 6.45) is 1.65. The summed E-state index contributed by atoms with van der Waals surface area (Å²) in [5.41, 5.74) is 1.97. The number of nitrogens with one attached hydrogen (secondary N) is 1. The topological polar surface area (TPSA) is 63.6 Å². The standard InChI is InChI=1S/C13H12N4O/c1-9-15-12-11(13(18)16-9)14-8-17(12)7-10-5-3-2-4-6-10/h2-6,8H,7H2,1H3,(H,15,16,18). The highest BCUT2D eigenvalue weighted by Gasteiger charge is 2.08. The van der Waals surface area contributed by atoms with Crippen LogP contribution in [0.3, 0.4) is 0 Å². The Morgan fingerprint density at radius 1 is 1.28 bits per heavy atom. The van der Waals surface area contributed by atoms with E-state index >= 15 is 0 Å². The molecular formula is C13H12N4O. The van der Waals surface area contributed by atoms with Crippen molar-refractivity contribution in [3.8, 4) is 0 Å². The van der Waals surface area contributed by atoms with Gasteiger partial charge in [0.25, 0.3) is 5.56 Å². The lowest BCUT2D eigenvalue weighted by molar-refractivity contribution is 0.810. The third-order valence-electron chi connectivity index (χ3n) is 2.79. The second kappa shape index (κ2) is 4.10. The summed E-state index contributed by atoms with van der Waals surface area (Å²) in [7, 11) is 0. The van der Waals surface area contributed by atoms with Crippen molar-refractivity contribution in [2.75, 3.05) is 0 Å². The maximum Gasteiger partial charge on any atom is 0.279 e. The van der Waals surface area contributed by atoms with Gasteiger partial charge in [-0.3, -0.25) is 4.79 Å². The quantitative estimate of drug-likeness (QED) is 0.737. The number of hydrogen-bond acceptors (Lipinski definition) is 3. The molecule has 18 heavy (non-hydrogen) atoms. The van der Waals surface area contributed by atoms with E-state index in [4.69, 9.17) is 0 Å². The van der Waals surface area contributed by atoms with Crippen LogP contribution in [-0.4, -0.2) is 19.5 Å². The fourth-order valence-corrected chi connectivity index (χ4v) is 1.96. The largest absolute Gasteiger partial charge is 0.311 e. The van der Waals surface area contributed by atoms with E-state index in [2.05, 4.69) is 15.0 Å². The van der Waals surface area contributed by atoms with Gasteiger partial charge in [-0.1, -0.05) is 30.3 Å². The van der Waals surface area contributed by atoms with Crippen molar-refractivity contribution in [2.45, 2.75) is 13.5 Å². The Kier molecular flexibility index (Phi) is 2.44. The predicted octanol–water partition coefficient (Wildman–Crippen LogP) is 1.48. The molecule has 0 saturated heterocycles. The molecule has 0 aliphatic carbocycles. The molecule has 1 N–H and O–H groups in total. The van der Waals surface area contributed by atoms with E-state index in [-0.39, 0.29) is 5.56 Å². The Hall–Kier alpha value is -2.43. The molecule has 1 aromatic carbocycles. The van der Waals surface area contributed by atoms with Crippen LogP contribution < -0.4 is 5.56 Å². The van der Waals surface area contributed by atoms with Crippen molar-refractivity contribution in [3.63, 3.8) is 0 Å². The smallest absolute Gasteiger partial charge is 0.279 e. The highest BCUT2D eigenvalue weighted by molar-refractivity contribution is 5.69. The van der Waals surface area contributed by atoms with Gasteiger partial charge < -0.3 is 9.55 Å². The van der Waals surface area contributed by atoms with E-state index in [1.54, 1.807) is 13.3 Å². The van der Waals surface area contributed by atoms with Gasteiger partial charge in [-0.25, -0.2) is 9.97 Å². The van der Waals surface area contributed by atoms with Crippen molar-refractivity contribution in [1.29, 1.82) is 0 Å². The highest BCUT2D eigenvalue weighted by atomic mass is 16.1. The van der Waals surface area contributed by atoms with Crippen molar-refractivity contribution in [2.24, 2.45) is 0 Å². The molecule has 0 bridgehead atoms. The highest BCUT2D eigenvalue weighted by Crippen LogP contribution is 2.09. The molecule has 3 rings (SSSR count). The van der Waals surface area contributed by atoms with E-state index in [0.29, 0.717) is 23.5 Å². The van der Waals surface area contributed by atoms with Crippen molar-refractivity contribution >= 4 is 11.2 Å². The first-order chi connectivity index (χ1) is 8.74. The summed E-state index contributed by atoms with van der Waals surface area (Å²) < 4.78 is 1.88. The van der Waals surface area contributed by atoms with E-state index in [9.17, 15) is 4.79 Å². The first-order valence-electron chi connectivity index (χ1n) is 5.70. The fraction of sp³-hybridized carbons (Fsp3) is 0.154. The summed E-state index contributed by atoms with van der Waals surface area (Å²) in [5.74, 6) is 0.599. The van der Waals surface area contributed by atoms with Crippen LogP contribution in [0.4, 0.5) is 0 Å². The zero-order valence-electron chi connectivity index (χ0n) is 9.92. The number of hydrogen-bond donors (Lipinski definition) is 1. The minimum absolute atomic E-state index is 0.190. The Morgan fingerprint density at radius 2 is 2.06 bits per heavy atom. The molecule has 5 nitrogen and oxygen atoms in total. The molecule has 0 radical (unpaired) electrons. The maximum atomic E-state index is 11.7. The van der Waals surface area contributed by atoms with Gasteiger partial charge in [0.15, 0.2) is 11.2 Å². The first-order valence-corrected chi connectivity index (χ1v) is 5.70. The lowest BCUT2D eigenvalue weighted by atomic mass is 10.2. The number of fused-ring (bicyclic) bond motifs is 1. The predicted molar refractivity (Wildman–Crippen MR) is 68.4 cm³/mol. The van der Waals surface area contributed by atoms with Gasteiger partial charge in [-0.15, -0.1) is 0 Å². The minimum atomic E-state index is -0.190. The molecule has 0 saturated carbocycles. The van der Waals surface area contributed by atoms with Crippen molar-refractivity contribution in [3.05, 3.63) is 58.4 Å². The average molecular weight is 240 g/mol. The van der Waals surface area contributed by atoms with Crippen LogP contribution in [-0.2, 0) is 6.54 Å². The van der Waals surface area contributed by atoms with Gasteiger partial charge >= 0.3 is 0 Å². The number of aromatic amines is 1. The summed E-state index contributed by atoms with van der Waals surface area (Å²) in [6, 6.07) is 10.0. The van der Waals surface area contributed by atoms with E-state index in [1.807, 2.05) is 34.9 Å². The Labute approximate surface area is 103 Å². The van der Waals surface area contributed by atoms with Crippen LogP contribution >= 0.6 is 0 Å². The van der Waals surface area contributed by atoms with Crippen LogP contribution in [0.25, 0.3) is 11.2 Å². The molecule has 0 aliphatic heterocycles. The Bertz CT molecular complexity index is 743. The minimum Gasteiger partial charge on any atom is -0.311 e. The molecule has 0 aliphatic rings. The molecule has 0 spiro atoms. The van der Waals surface area contributed by atoms with Crippen molar-refractivity contribution in [1.82, 2.24) is 19.5 Å².